The molecule has 5 rings (SSSR count). The lowest BCUT2D eigenvalue weighted by Gasteiger charge is -2.38. The Morgan fingerprint density at radius 1 is 1.18 bits per heavy atom. The lowest BCUT2D eigenvalue weighted by Crippen LogP contribution is -2.53. The average molecular weight is 541 g/mol. The van der Waals surface area contributed by atoms with E-state index in [1.807, 2.05) is 11.8 Å². The predicted octanol–water partition coefficient (Wildman–Crippen LogP) is 1.64. The van der Waals surface area contributed by atoms with Crippen molar-refractivity contribution in [2.75, 3.05) is 6.54 Å². The molecule has 0 bridgehead atoms. The van der Waals surface area contributed by atoms with Crippen molar-refractivity contribution >= 4 is 39.6 Å². The highest BCUT2D eigenvalue weighted by atomic mass is 32.2. The van der Waals surface area contributed by atoms with E-state index in [2.05, 4.69) is 34.7 Å². The number of hydrogen-bond acceptors (Lipinski definition) is 8. The number of hydrogen-bond donors (Lipinski definition) is 4. The molecule has 8 atom stereocenters. The molecule has 2 amide bonds. The molecule has 0 radical (unpaired) electrons. The summed E-state index contributed by atoms with van der Waals surface area (Å²) in [6.07, 6.45) is 0.437. The summed E-state index contributed by atoms with van der Waals surface area (Å²) in [4.78, 5) is 17.2. The maximum Gasteiger partial charge on any atom is 0.322 e. The van der Waals surface area contributed by atoms with Crippen LogP contribution in [0.1, 0.15) is 52.9 Å². The van der Waals surface area contributed by atoms with E-state index < -0.39 is 32.6 Å². The van der Waals surface area contributed by atoms with Crippen molar-refractivity contribution in [3.05, 3.63) is 0 Å². The van der Waals surface area contributed by atoms with E-state index in [1.165, 1.54) is 0 Å². The number of nitrogens with zero attached hydrogens (tertiary/aromatic N) is 2. The van der Waals surface area contributed by atoms with Gasteiger partial charge in [0.2, 0.25) is 10.0 Å². The number of amides is 2. The summed E-state index contributed by atoms with van der Waals surface area (Å²) in [7, 11) is -3.55. The summed E-state index contributed by atoms with van der Waals surface area (Å²) >= 11 is 2.77. The van der Waals surface area contributed by atoms with E-state index in [9.17, 15) is 22.0 Å². The second-order valence-corrected chi connectivity index (χ2v) is 15.2. The third kappa shape index (κ3) is 4.80. The quantitative estimate of drug-likeness (QED) is 0.386. The average Bonchev–Trinajstić information content (AvgIpc) is 3.09. The molecular formula is C20H34F2N6O3S3. The molecule has 5 aliphatic rings. The molecule has 5 fully saturated rings. The fraction of sp³-hybridized carbons (Fsp3) is 0.950. The molecule has 0 aromatic heterocycles. The van der Waals surface area contributed by atoms with Crippen LogP contribution in [0.2, 0.25) is 0 Å². The number of thioether (sulfide) groups is 2. The summed E-state index contributed by atoms with van der Waals surface area (Å²) in [5.41, 5.74) is 4.41. The van der Waals surface area contributed by atoms with Crippen LogP contribution in [0.15, 0.2) is 0 Å². The van der Waals surface area contributed by atoms with E-state index in [0.29, 0.717) is 31.2 Å². The number of rotatable bonds is 7. The summed E-state index contributed by atoms with van der Waals surface area (Å²) in [6.45, 7) is 6.67. The highest BCUT2D eigenvalue weighted by molar-refractivity contribution is 8.01. The van der Waals surface area contributed by atoms with Crippen molar-refractivity contribution in [3.8, 4) is 0 Å². The van der Waals surface area contributed by atoms with Gasteiger partial charge in [-0.1, -0.05) is 11.8 Å². The first-order valence-electron chi connectivity index (χ1n) is 12.0. The molecular weight excluding hydrogens is 506 g/mol. The van der Waals surface area contributed by atoms with Crippen molar-refractivity contribution in [2.45, 2.75) is 110 Å². The van der Waals surface area contributed by atoms with Crippen LogP contribution < -0.4 is 20.9 Å². The van der Waals surface area contributed by atoms with Crippen LogP contribution in [0.3, 0.4) is 0 Å². The van der Waals surface area contributed by atoms with Crippen molar-refractivity contribution in [1.82, 2.24) is 30.7 Å². The van der Waals surface area contributed by atoms with E-state index in [1.54, 1.807) is 16.7 Å². The molecule has 14 heteroatoms. The first-order chi connectivity index (χ1) is 16.0. The van der Waals surface area contributed by atoms with Crippen LogP contribution in [-0.4, -0.2) is 87.6 Å². The molecule has 34 heavy (non-hydrogen) atoms. The van der Waals surface area contributed by atoms with Crippen LogP contribution in [0.5, 0.6) is 0 Å². The number of nitrogens with one attached hydrogen (secondary N) is 4. The predicted molar refractivity (Wildman–Crippen MR) is 130 cm³/mol. The minimum Gasteiger partial charge on any atom is -0.318 e. The summed E-state index contributed by atoms with van der Waals surface area (Å²) in [5, 5.41) is 2.26. The Hall–Kier alpha value is -0.380. The van der Waals surface area contributed by atoms with Gasteiger partial charge in [-0.05, 0) is 52.9 Å². The first kappa shape index (κ1) is 25.3. The Labute approximate surface area is 208 Å². The number of urea groups is 1. The van der Waals surface area contributed by atoms with Gasteiger partial charge >= 0.3 is 6.03 Å². The van der Waals surface area contributed by atoms with Gasteiger partial charge in [0.25, 0.3) is 6.43 Å². The molecule has 4 N–H and O–H groups in total. The summed E-state index contributed by atoms with van der Waals surface area (Å²) in [5.74, 6) is 0. The van der Waals surface area contributed by atoms with Crippen LogP contribution >= 0.6 is 23.5 Å². The monoisotopic (exact) mass is 540 g/mol. The molecule has 2 aliphatic carbocycles. The number of hydrazine groups is 1. The van der Waals surface area contributed by atoms with E-state index >= 15 is 0 Å². The van der Waals surface area contributed by atoms with Crippen molar-refractivity contribution in [2.24, 2.45) is 0 Å². The standard InChI is InChI=1S/C20H34F2N6O3S3/c1-10-15(32-11(2)23-10)9-27-13-5-4-12(34(30,31)26-20(3)6-7-20)8-14(13)28(19(27)29)18-25-24-17(33-18)16(21)22/h10-18,23-26H,4-9H2,1-3H3. The third-order valence-corrected chi connectivity index (χ3v) is 12.5. The second-order valence-electron chi connectivity index (χ2n) is 10.4. The van der Waals surface area contributed by atoms with Gasteiger partial charge in [0.05, 0.1) is 22.7 Å². The van der Waals surface area contributed by atoms with Crippen molar-refractivity contribution in [3.63, 3.8) is 0 Å². The number of carbonyl (C=O) groups excluding carboxylic acids is 1. The van der Waals surface area contributed by atoms with Gasteiger partial charge in [-0.15, -0.1) is 11.8 Å². The van der Waals surface area contributed by atoms with Crippen LogP contribution in [0.4, 0.5) is 13.6 Å². The smallest absolute Gasteiger partial charge is 0.318 e. The van der Waals surface area contributed by atoms with Gasteiger partial charge < -0.3 is 10.2 Å². The highest BCUT2D eigenvalue weighted by Gasteiger charge is 2.55. The van der Waals surface area contributed by atoms with Gasteiger partial charge in [-0.2, -0.15) is 0 Å². The summed E-state index contributed by atoms with van der Waals surface area (Å²) < 4.78 is 55.8. The minimum absolute atomic E-state index is 0.132. The molecule has 0 aromatic rings. The van der Waals surface area contributed by atoms with Crippen LogP contribution in [-0.2, 0) is 10.0 Å². The third-order valence-electron chi connectivity index (χ3n) is 7.70. The van der Waals surface area contributed by atoms with Gasteiger partial charge in [-0.3, -0.25) is 4.90 Å². The molecule has 194 valence electrons. The first-order valence-corrected chi connectivity index (χ1v) is 15.4. The molecule has 2 saturated carbocycles. The Bertz CT molecular complexity index is 910. The van der Waals surface area contributed by atoms with Gasteiger partial charge in [0.1, 0.15) is 10.9 Å². The highest BCUT2D eigenvalue weighted by Crippen LogP contribution is 2.43. The lowest BCUT2D eigenvalue weighted by molar-refractivity contribution is 0.127. The zero-order chi connectivity index (χ0) is 24.4. The topological polar surface area (TPSA) is 106 Å². The number of carbonyl (C=O) groups is 1. The maximum atomic E-state index is 13.7. The Morgan fingerprint density at radius 2 is 1.91 bits per heavy atom. The number of fused-ring (bicyclic) bond motifs is 1. The zero-order valence-corrected chi connectivity index (χ0v) is 22.0. The largest absolute Gasteiger partial charge is 0.322 e. The molecule has 3 heterocycles. The zero-order valence-electron chi connectivity index (χ0n) is 19.5. The van der Waals surface area contributed by atoms with Gasteiger partial charge in [-0.25, -0.2) is 37.6 Å². The number of halogens is 2. The normalized spacial score (nSPS) is 42.0. The Kier molecular flexibility index (Phi) is 6.82. The Morgan fingerprint density at radius 3 is 2.50 bits per heavy atom. The summed E-state index contributed by atoms with van der Waals surface area (Å²) in [6, 6.07) is -0.453. The van der Waals surface area contributed by atoms with Crippen LogP contribution in [0, 0.1) is 0 Å². The molecule has 0 aromatic carbocycles. The molecule has 3 saturated heterocycles. The van der Waals surface area contributed by atoms with Crippen LogP contribution in [0.25, 0.3) is 0 Å². The SMILES string of the molecule is CC1NC(C)C(CN2C(=O)N(C3NNC(C(F)F)S3)C3CC(S(=O)(=O)NC4(C)CC4)CCC32)S1. The van der Waals surface area contributed by atoms with E-state index in [0.717, 1.165) is 24.6 Å². The maximum absolute atomic E-state index is 13.7. The minimum atomic E-state index is -3.55. The number of alkyl halides is 2. The van der Waals surface area contributed by atoms with Crippen molar-refractivity contribution < 1.29 is 22.0 Å². The fourth-order valence-electron chi connectivity index (χ4n) is 5.58. The van der Waals surface area contributed by atoms with E-state index in [-0.39, 0.29) is 34.9 Å². The molecule has 3 aliphatic heterocycles. The molecule has 8 unspecified atom stereocenters. The van der Waals surface area contributed by atoms with E-state index in [4.69, 9.17) is 0 Å². The molecule has 9 nitrogen and oxygen atoms in total. The number of sulfonamides is 1. The fourth-order valence-corrected chi connectivity index (χ4v) is 9.96. The second kappa shape index (κ2) is 9.18. The molecule has 0 spiro atoms. The van der Waals surface area contributed by atoms with Gasteiger partial charge in [0, 0.05) is 23.4 Å². The Balaban J connectivity index is 1.37. The van der Waals surface area contributed by atoms with Crippen molar-refractivity contribution in [1.29, 1.82) is 0 Å². The lowest BCUT2D eigenvalue weighted by atomic mass is 9.89. The van der Waals surface area contributed by atoms with Gasteiger partial charge in [0.15, 0.2) is 0 Å².